The van der Waals surface area contributed by atoms with Crippen molar-refractivity contribution < 1.29 is 4.79 Å². The first-order valence-corrected chi connectivity index (χ1v) is 3.81. The highest BCUT2D eigenvalue weighted by atomic mass is 16.1. The third-order valence-corrected chi connectivity index (χ3v) is 1.78. The number of hydrogen-bond acceptors (Lipinski definition) is 3. The molecule has 12 heavy (non-hydrogen) atoms. The molecule has 0 aliphatic carbocycles. The molecule has 0 saturated heterocycles. The van der Waals surface area contributed by atoms with Crippen molar-refractivity contribution in [3.8, 4) is 0 Å². The van der Waals surface area contributed by atoms with Crippen molar-refractivity contribution in [3.63, 3.8) is 0 Å². The molecule has 4 heteroatoms. The number of carbonyl (C=O) groups excluding carboxylic acids is 1. The van der Waals surface area contributed by atoms with Gasteiger partial charge in [0.15, 0.2) is 0 Å². The summed E-state index contributed by atoms with van der Waals surface area (Å²) in [5.41, 5.74) is 1.03. The van der Waals surface area contributed by atoms with Crippen molar-refractivity contribution >= 4 is 11.7 Å². The van der Waals surface area contributed by atoms with Gasteiger partial charge in [0.25, 0.3) is 0 Å². The van der Waals surface area contributed by atoms with Gasteiger partial charge in [-0.05, 0) is 6.07 Å². The van der Waals surface area contributed by atoms with Crippen LogP contribution >= 0.6 is 0 Å². The van der Waals surface area contributed by atoms with E-state index in [9.17, 15) is 4.79 Å². The van der Waals surface area contributed by atoms with E-state index < -0.39 is 0 Å². The molecule has 2 rings (SSSR count). The first-order valence-electron chi connectivity index (χ1n) is 3.81. The molecule has 0 bridgehead atoms. The predicted octanol–water partition coefficient (Wildman–Crippen LogP) is 0.123. The minimum atomic E-state index is 0.00741. The lowest BCUT2D eigenvalue weighted by molar-refractivity contribution is -0.119. The molecule has 0 unspecified atom stereocenters. The van der Waals surface area contributed by atoms with E-state index in [-0.39, 0.29) is 5.91 Å². The third-order valence-electron chi connectivity index (χ3n) is 1.78. The smallest absolute Gasteiger partial charge is 0.239 e. The first-order chi connectivity index (χ1) is 5.86. The van der Waals surface area contributed by atoms with Crippen molar-refractivity contribution in [2.45, 2.75) is 6.54 Å². The lowest BCUT2D eigenvalue weighted by Crippen LogP contribution is -2.25. The Morgan fingerprint density at radius 1 is 1.33 bits per heavy atom. The zero-order valence-electron chi connectivity index (χ0n) is 6.50. The number of carbonyl (C=O) groups is 1. The number of hydrogen-bond donors (Lipinski definition) is 2. The average Bonchev–Trinajstić information content (AvgIpc) is 2.29. The molecule has 4 nitrogen and oxygen atoms in total. The number of amides is 1. The lowest BCUT2D eigenvalue weighted by atomic mass is 10.2. The highest BCUT2D eigenvalue weighted by Gasteiger charge is 2.10. The van der Waals surface area contributed by atoms with Crippen molar-refractivity contribution in [2.24, 2.45) is 0 Å². The summed E-state index contributed by atoms with van der Waals surface area (Å²) in [6.07, 6.45) is 1.71. The Kier molecular flexibility index (Phi) is 1.66. The van der Waals surface area contributed by atoms with Gasteiger partial charge in [-0.3, -0.25) is 4.79 Å². The summed E-state index contributed by atoms with van der Waals surface area (Å²) >= 11 is 0. The fraction of sp³-hybridized carbons (Fsp3) is 0.250. The molecule has 1 aliphatic rings. The lowest BCUT2D eigenvalue weighted by Gasteiger charge is -2.02. The normalized spacial score (nSPS) is 15.5. The zero-order valence-corrected chi connectivity index (χ0v) is 6.50. The second-order valence-electron chi connectivity index (χ2n) is 2.64. The Hall–Kier alpha value is -1.58. The van der Waals surface area contributed by atoms with Crippen LogP contribution in [0.25, 0.3) is 0 Å². The van der Waals surface area contributed by atoms with E-state index in [0.29, 0.717) is 13.1 Å². The van der Waals surface area contributed by atoms with Gasteiger partial charge < -0.3 is 10.6 Å². The minimum Gasteiger partial charge on any atom is -0.361 e. The molecule has 0 saturated carbocycles. The predicted molar refractivity (Wildman–Crippen MR) is 44.6 cm³/mol. The number of rotatable bonds is 0. The highest BCUT2D eigenvalue weighted by Crippen LogP contribution is 2.12. The summed E-state index contributed by atoms with van der Waals surface area (Å²) in [6.45, 7) is 0.874. The molecule has 62 valence electrons. The Balaban J connectivity index is 2.32. The zero-order chi connectivity index (χ0) is 8.39. The number of anilines is 1. The van der Waals surface area contributed by atoms with Crippen LogP contribution in [0.2, 0.25) is 0 Å². The van der Waals surface area contributed by atoms with Crippen LogP contribution in [-0.2, 0) is 11.3 Å². The van der Waals surface area contributed by atoms with Crippen LogP contribution < -0.4 is 10.6 Å². The highest BCUT2D eigenvalue weighted by molar-refractivity contribution is 5.81. The van der Waals surface area contributed by atoms with E-state index in [1.807, 2.05) is 12.1 Å². The van der Waals surface area contributed by atoms with Crippen LogP contribution in [0.1, 0.15) is 5.56 Å². The van der Waals surface area contributed by atoms with Gasteiger partial charge in [0, 0.05) is 18.3 Å². The maximum Gasteiger partial charge on any atom is 0.239 e. The van der Waals surface area contributed by atoms with Crippen molar-refractivity contribution in [3.05, 3.63) is 23.9 Å². The molecule has 0 aromatic carbocycles. The Bertz CT molecular complexity index is 282. The molecular formula is C8H9N3O. The van der Waals surface area contributed by atoms with Gasteiger partial charge in [-0.1, -0.05) is 6.07 Å². The molecule has 2 heterocycles. The Labute approximate surface area is 70.0 Å². The topological polar surface area (TPSA) is 54.0 Å². The van der Waals surface area contributed by atoms with Crippen LogP contribution in [0.4, 0.5) is 5.82 Å². The number of aromatic nitrogens is 1. The Morgan fingerprint density at radius 2 is 2.25 bits per heavy atom. The van der Waals surface area contributed by atoms with Crippen LogP contribution in [0.5, 0.6) is 0 Å². The molecule has 0 atom stereocenters. The Morgan fingerprint density at radius 3 is 3.17 bits per heavy atom. The molecule has 0 radical (unpaired) electrons. The van der Waals surface area contributed by atoms with Crippen LogP contribution in [0.3, 0.4) is 0 Å². The standard InChI is InChI=1S/C8H9N3O/c12-7-5-11-8-6(4-10-7)2-1-3-9-8/h1-3H,4-5H2,(H,9,11)(H,10,12). The summed E-state index contributed by atoms with van der Waals surface area (Å²) in [5.74, 6) is 0.809. The van der Waals surface area contributed by atoms with Gasteiger partial charge >= 0.3 is 0 Å². The monoisotopic (exact) mass is 163 g/mol. The van der Waals surface area contributed by atoms with Crippen molar-refractivity contribution in [2.75, 3.05) is 11.9 Å². The van der Waals surface area contributed by atoms with E-state index in [4.69, 9.17) is 0 Å². The summed E-state index contributed by atoms with van der Waals surface area (Å²) in [4.78, 5) is 15.1. The molecule has 1 aromatic heterocycles. The summed E-state index contributed by atoms with van der Waals surface area (Å²) in [6, 6.07) is 3.80. The summed E-state index contributed by atoms with van der Waals surface area (Å²) in [7, 11) is 0. The maximum atomic E-state index is 11.0. The third kappa shape index (κ3) is 1.23. The second kappa shape index (κ2) is 2.81. The quantitative estimate of drug-likeness (QED) is 0.571. The van der Waals surface area contributed by atoms with E-state index in [2.05, 4.69) is 15.6 Å². The number of nitrogens with one attached hydrogen (secondary N) is 2. The van der Waals surface area contributed by atoms with Gasteiger partial charge in [-0.15, -0.1) is 0 Å². The van der Waals surface area contributed by atoms with Crippen molar-refractivity contribution in [1.29, 1.82) is 0 Å². The molecule has 1 aliphatic heterocycles. The first kappa shape index (κ1) is 7.09. The van der Waals surface area contributed by atoms with Crippen LogP contribution in [-0.4, -0.2) is 17.4 Å². The van der Waals surface area contributed by atoms with Gasteiger partial charge in [0.1, 0.15) is 5.82 Å². The summed E-state index contributed by atoms with van der Waals surface area (Å²) < 4.78 is 0. The maximum absolute atomic E-state index is 11.0. The SMILES string of the molecule is O=C1CNc2ncccc2CN1. The molecule has 1 aromatic rings. The van der Waals surface area contributed by atoms with Crippen LogP contribution in [0, 0.1) is 0 Å². The molecule has 0 spiro atoms. The van der Waals surface area contributed by atoms with Gasteiger partial charge in [0.2, 0.25) is 5.91 Å². The summed E-state index contributed by atoms with van der Waals surface area (Å²) in [5, 5.41) is 5.71. The van der Waals surface area contributed by atoms with Crippen molar-refractivity contribution in [1.82, 2.24) is 10.3 Å². The van der Waals surface area contributed by atoms with E-state index >= 15 is 0 Å². The van der Waals surface area contributed by atoms with Gasteiger partial charge in [0.05, 0.1) is 6.54 Å². The molecular weight excluding hydrogens is 154 g/mol. The largest absolute Gasteiger partial charge is 0.361 e. The molecule has 2 N–H and O–H groups in total. The average molecular weight is 163 g/mol. The van der Waals surface area contributed by atoms with Gasteiger partial charge in [-0.25, -0.2) is 4.98 Å². The number of nitrogens with zero attached hydrogens (tertiary/aromatic N) is 1. The fourth-order valence-corrected chi connectivity index (χ4v) is 1.16. The molecule has 0 fully saturated rings. The van der Waals surface area contributed by atoms with Gasteiger partial charge in [-0.2, -0.15) is 0 Å². The number of fused-ring (bicyclic) bond motifs is 1. The number of pyridine rings is 1. The minimum absolute atomic E-state index is 0.00741. The van der Waals surface area contributed by atoms with E-state index in [1.54, 1.807) is 6.20 Å². The molecule has 1 amide bonds. The van der Waals surface area contributed by atoms with Crippen LogP contribution in [0.15, 0.2) is 18.3 Å². The second-order valence-corrected chi connectivity index (χ2v) is 2.64. The van der Waals surface area contributed by atoms with E-state index in [1.165, 1.54) is 0 Å². The van der Waals surface area contributed by atoms with E-state index in [0.717, 1.165) is 11.4 Å². The fourth-order valence-electron chi connectivity index (χ4n) is 1.16.